The highest BCUT2D eigenvalue weighted by Gasteiger charge is 2.15. The molecule has 16 heavy (non-hydrogen) atoms. The Morgan fingerprint density at radius 3 is 1.88 bits per heavy atom. The molecule has 0 N–H and O–H groups in total. The Bertz CT molecular complexity index is 401. The number of ether oxygens (including phenoxy) is 1. The zero-order chi connectivity index (χ0) is 11.6. The third-order valence-corrected chi connectivity index (χ3v) is 2.12. The molecule has 4 heteroatoms. The molecule has 0 aliphatic heterocycles. The first-order chi connectivity index (χ1) is 6.91. The Kier molecular flexibility index (Phi) is 5.32. The van der Waals surface area contributed by atoms with Crippen LogP contribution in [0.25, 0.3) is 0 Å². The lowest BCUT2D eigenvalue weighted by Gasteiger charge is -2.08. The molecule has 0 aliphatic rings. The molecule has 0 saturated heterocycles. The maximum Gasteiger partial charge on any atom is 0.346 e. The average molecular weight is 240 g/mol. The molecule has 0 spiro atoms. The average Bonchev–Trinajstić information content (AvgIpc) is 1.99. The highest BCUT2D eigenvalue weighted by molar-refractivity contribution is 6.92. The van der Waals surface area contributed by atoms with E-state index in [1.165, 1.54) is 6.92 Å². The van der Waals surface area contributed by atoms with E-state index in [1.807, 2.05) is 32.9 Å². The predicted molar refractivity (Wildman–Crippen MR) is 67.9 cm³/mol. The highest BCUT2D eigenvalue weighted by atomic mass is 31.0. The van der Waals surface area contributed by atoms with Gasteiger partial charge in [-0.1, -0.05) is 17.7 Å². The Morgan fingerprint density at radius 2 is 1.50 bits per heavy atom. The molecule has 0 bridgehead atoms. The van der Waals surface area contributed by atoms with Gasteiger partial charge in [0, 0.05) is 6.92 Å². The number of benzene rings is 1. The van der Waals surface area contributed by atoms with Gasteiger partial charge < -0.3 is 4.74 Å². The lowest BCUT2D eigenvalue weighted by molar-refractivity contribution is -0.135. The number of carbonyl (C=O) groups excluding carboxylic acids is 2. The van der Waals surface area contributed by atoms with Crippen LogP contribution in [0.5, 0.6) is 0 Å². The second kappa shape index (κ2) is 5.76. The van der Waals surface area contributed by atoms with Crippen molar-refractivity contribution < 1.29 is 14.3 Å². The van der Waals surface area contributed by atoms with Gasteiger partial charge in [-0.25, -0.2) is 4.79 Å². The first-order valence-electron chi connectivity index (χ1n) is 4.72. The minimum atomic E-state index is -0.584. The van der Waals surface area contributed by atoms with Gasteiger partial charge in [-0.3, -0.25) is 4.79 Å². The summed E-state index contributed by atoms with van der Waals surface area (Å²) < 4.78 is 4.56. The van der Waals surface area contributed by atoms with E-state index in [-0.39, 0.29) is 9.90 Å². The van der Waals surface area contributed by atoms with Crippen LogP contribution in [0.4, 0.5) is 0 Å². The molecule has 1 unspecified atom stereocenters. The second-order valence-corrected chi connectivity index (χ2v) is 3.65. The number of hydrogen-bond donors (Lipinski definition) is 0. The molecule has 3 nitrogen and oxygen atoms in total. The molecule has 0 fully saturated rings. The summed E-state index contributed by atoms with van der Waals surface area (Å²) in [5, 5.41) is 0. The van der Waals surface area contributed by atoms with E-state index in [9.17, 15) is 9.59 Å². The van der Waals surface area contributed by atoms with Gasteiger partial charge in [0.1, 0.15) is 0 Å². The SMILES string of the molecule is CC(=O)OC(=O)c1c(C)cc(C)cc1C.P. The van der Waals surface area contributed by atoms with Crippen molar-refractivity contribution >= 4 is 21.8 Å². The summed E-state index contributed by atoms with van der Waals surface area (Å²) in [5.74, 6) is -1.16. The van der Waals surface area contributed by atoms with Crippen LogP contribution in [0.2, 0.25) is 0 Å². The van der Waals surface area contributed by atoms with Crippen molar-refractivity contribution in [3.63, 3.8) is 0 Å². The van der Waals surface area contributed by atoms with Crippen LogP contribution in [-0.4, -0.2) is 11.9 Å². The molecule has 0 heterocycles. The lowest BCUT2D eigenvalue weighted by Crippen LogP contribution is -2.12. The smallest absolute Gasteiger partial charge is 0.346 e. The second-order valence-electron chi connectivity index (χ2n) is 3.65. The number of esters is 2. The third kappa shape index (κ3) is 3.42. The zero-order valence-corrected chi connectivity index (χ0v) is 11.5. The fraction of sp³-hybridized carbons (Fsp3) is 0.333. The topological polar surface area (TPSA) is 43.4 Å². The van der Waals surface area contributed by atoms with Gasteiger partial charge >= 0.3 is 11.9 Å². The van der Waals surface area contributed by atoms with Crippen molar-refractivity contribution in [1.82, 2.24) is 0 Å². The van der Waals surface area contributed by atoms with Crippen LogP contribution in [0.1, 0.15) is 34.0 Å². The Labute approximate surface area is 98.8 Å². The molecular weight excluding hydrogens is 223 g/mol. The number of aryl methyl sites for hydroxylation is 3. The van der Waals surface area contributed by atoms with Crippen molar-refractivity contribution in [1.29, 1.82) is 0 Å². The highest BCUT2D eigenvalue weighted by Crippen LogP contribution is 2.17. The van der Waals surface area contributed by atoms with Crippen molar-refractivity contribution in [2.75, 3.05) is 0 Å². The van der Waals surface area contributed by atoms with E-state index >= 15 is 0 Å². The quantitative estimate of drug-likeness (QED) is 0.430. The van der Waals surface area contributed by atoms with Crippen molar-refractivity contribution in [3.05, 3.63) is 34.4 Å². The molecule has 0 radical (unpaired) electrons. The molecule has 1 atom stereocenters. The maximum atomic E-state index is 11.6. The summed E-state index contributed by atoms with van der Waals surface area (Å²) in [6.07, 6.45) is 0. The molecule has 1 aromatic carbocycles. The van der Waals surface area contributed by atoms with Gasteiger partial charge in [0.15, 0.2) is 0 Å². The molecular formula is C12H17O3P. The minimum absolute atomic E-state index is 0. The van der Waals surface area contributed by atoms with Crippen molar-refractivity contribution in [2.45, 2.75) is 27.7 Å². The van der Waals surface area contributed by atoms with E-state index < -0.39 is 11.9 Å². The van der Waals surface area contributed by atoms with Crippen LogP contribution in [0, 0.1) is 20.8 Å². The monoisotopic (exact) mass is 240 g/mol. The van der Waals surface area contributed by atoms with Crippen LogP contribution < -0.4 is 0 Å². The van der Waals surface area contributed by atoms with E-state index in [4.69, 9.17) is 0 Å². The van der Waals surface area contributed by atoms with E-state index in [1.54, 1.807) is 0 Å². The maximum absolute atomic E-state index is 11.6. The Morgan fingerprint density at radius 1 is 1.06 bits per heavy atom. The van der Waals surface area contributed by atoms with E-state index in [2.05, 4.69) is 4.74 Å². The summed E-state index contributed by atoms with van der Waals surface area (Å²) in [4.78, 5) is 22.2. The molecule has 0 aromatic heterocycles. The van der Waals surface area contributed by atoms with E-state index in [0.29, 0.717) is 5.56 Å². The normalized spacial score (nSPS) is 9.25. The largest absolute Gasteiger partial charge is 0.390 e. The van der Waals surface area contributed by atoms with Crippen LogP contribution >= 0.6 is 9.90 Å². The number of hydrogen-bond acceptors (Lipinski definition) is 3. The van der Waals surface area contributed by atoms with Gasteiger partial charge in [0.05, 0.1) is 5.56 Å². The fourth-order valence-corrected chi connectivity index (χ4v) is 1.68. The van der Waals surface area contributed by atoms with Gasteiger partial charge in [-0.2, -0.15) is 9.90 Å². The molecule has 0 saturated carbocycles. The molecule has 88 valence electrons. The zero-order valence-electron chi connectivity index (χ0n) is 10.1. The number of rotatable bonds is 1. The summed E-state index contributed by atoms with van der Waals surface area (Å²) in [6, 6.07) is 3.79. The molecule has 0 amide bonds. The summed E-state index contributed by atoms with van der Waals surface area (Å²) in [7, 11) is 0. The van der Waals surface area contributed by atoms with Gasteiger partial charge in [-0.05, 0) is 31.9 Å². The number of carbonyl (C=O) groups is 2. The first kappa shape index (κ1) is 14.8. The van der Waals surface area contributed by atoms with Gasteiger partial charge in [0.2, 0.25) is 0 Å². The fourth-order valence-electron chi connectivity index (χ4n) is 1.68. The Hall–Kier alpha value is -1.21. The van der Waals surface area contributed by atoms with Gasteiger partial charge in [0.25, 0.3) is 0 Å². The summed E-state index contributed by atoms with van der Waals surface area (Å²) in [5.41, 5.74) is 3.23. The lowest BCUT2D eigenvalue weighted by atomic mass is 10.00. The minimum Gasteiger partial charge on any atom is -0.390 e. The predicted octanol–water partition coefficient (Wildman–Crippen LogP) is 2.37. The van der Waals surface area contributed by atoms with Crippen molar-refractivity contribution in [2.24, 2.45) is 0 Å². The van der Waals surface area contributed by atoms with Crippen LogP contribution in [0.15, 0.2) is 12.1 Å². The first-order valence-corrected chi connectivity index (χ1v) is 4.72. The standard InChI is InChI=1S/C12H14O3.H3P/c1-7-5-8(2)11(9(3)6-7)12(14)15-10(4)13;/h5-6H,1-4H3;1H3. The van der Waals surface area contributed by atoms with Crippen LogP contribution in [0.3, 0.4) is 0 Å². The summed E-state index contributed by atoms with van der Waals surface area (Å²) in [6.45, 7) is 6.84. The summed E-state index contributed by atoms with van der Waals surface area (Å²) >= 11 is 0. The van der Waals surface area contributed by atoms with Crippen molar-refractivity contribution in [3.8, 4) is 0 Å². The van der Waals surface area contributed by atoms with Crippen LogP contribution in [-0.2, 0) is 9.53 Å². The molecule has 1 rings (SSSR count). The Balaban J connectivity index is 0.00000225. The molecule has 0 aliphatic carbocycles. The van der Waals surface area contributed by atoms with E-state index in [0.717, 1.165) is 16.7 Å². The molecule has 1 aromatic rings. The van der Waals surface area contributed by atoms with Gasteiger partial charge in [-0.15, -0.1) is 0 Å². The third-order valence-electron chi connectivity index (χ3n) is 2.12.